The van der Waals surface area contributed by atoms with Gasteiger partial charge in [0.25, 0.3) is 0 Å². The van der Waals surface area contributed by atoms with Gasteiger partial charge in [-0.15, -0.1) is 10.2 Å². The number of hydrogen-bond acceptors (Lipinski definition) is 4. The topological polar surface area (TPSA) is 47.8 Å². The fourth-order valence-corrected chi connectivity index (χ4v) is 3.54. The maximum absolute atomic E-state index is 12.3. The first-order valence-electron chi connectivity index (χ1n) is 8.05. The van der Waals surface area contributed by atoms with Crippen LogP contribution in [0.3, 0.4) is 0 Å². The lowest BCUT2D eigenvalue weighted by Gasteiger charge is -2.07. The highest BCUT2D eigenvalue weighted by atomic mass is 35.5. The van der Waals surface area contributed by atoms with Crippen molar-refractivity contribution in [2.45, 2.75) is 25.0 Å². The summed E-state index contributed by atoms with van der Waals surface area (Å²) in [5, 5.41) is 9.97. The lowest BCUT2D eigenvalue weighted by atomic mass is 10.1. The van der Waals surface area contributed by atoms with E-state index < -0.39 is 0 Å². The van der Waals surface area contributed by atoms with Gasteiger partial charge < -0.3 is 4.57 Å². The number of thioether (sulfide) groups is 1. The van der Waals surface area contributed by atoms with Gasteiger partial charge in [-0.2, -0.15) is 0 Å². The minimum Gasteiger partial charge on any atom is -0.306 e. The number of carbonyl (C=O) groups is 1. The molecule has 0 amide bonds. The molecule has 0 aliphatic rings. The Bertz CT molecular complexity index is 847. The summed E-state index contributed by atoms with van der Waals surface area (Å²) in [5.41, 5.74) is 1.85. The molecule has 0 saturated heterocycles. The standard InChI is InChI=1S/C19H18ClN3OS/c1-2-23-18(12-14-6-4-3-5-7-14)21-22-19(23)25-13-17(24)15-8-10-16(20)11-9-15/h3-11H,2,12-13H2,1H3. The fraction of sp³-hybridized carbons (Fsp3) is 0.211. The van der Waals surface area contributed by atoms with Crippen molar-refractivity contribution in [1.29, 1.82) is 0 Å². The zero-order chi connectivity index (χ0) is 17.6. The second-order valence-corrected chi connectivity index (χ2v) is 6.90. The molecule has 6 heteroatoms. The van der Waals surface area contributed by atoms with Crippen LogP contribution in [0.25, 0.3) is 0 Å². The van der Waals surface area contributed by atoms with Crippen LogP contribution in [0.5, 0.6) is 0 Å². The first kappa shape index (κ1) is 17.7. The van der Waals surface area contributed by atoms with Crippen molar-refractivity contribution in [2.75, 3.05) is 5.75 Å². The number of aromatic nitrogens is 3. The van der Waals surface area contributed by atoms with Gasteiger partial charge in [-0.05, 0) is 36.8 Å². The summed E-state index contributed by atoms with van der Waals surface area (Å²) in [6, 6.07) is 17.1. The Morgan fingerprint density at radius 2 is 1.80 bits per heavy atom. The van der Waals surface area contributed by atoms with E-state index in [1.807, 2.05) is 18.2 Å². The van der Waals surface area contributed by atoms with E-state index in [2.05, 4.69) is 33.8 Å². The highest BCUT2D eigenvalue weighted by Gasteiger charge is 2.14. The molecule has 0 aliphatic heterocycles. The summed E-state index contributed by atoms with van der Waals surface area (Å²) < 4.78 is 2.06. The van der Waals surface area contributed by atoms with Crippen molar-refractivity contribution < 1.29 is 4.79 Å². The number of halogens is 1. The van der Waals surface area contributed by atoms with Crippen LogP contribution in [0.4, 0.5) is 0 Å². The van der Waals surface area contributed by atoms with Gasteiger partial charge in [-0.25, -0.2) is 0 Å². The lowest BCUT2D eigenvalue weighted by Crippen LogP contribution is -2.06. The van der Waals surface area contributed by atoms with Gasteiger partial charge in [0.15, 0.2) is 10.9 Å². The Kier molecular flexibility index (Phi) is 5.89. The SMILES string of the molecule is CCn1c(Cc2ccccc2)nnc1SCC(=O)c1ccc(Cl)cc1. The molecule has 0 fully saturated rings. The normalized spacial score (nSPS) is 10.8. The summed E-state index contributed by atoms with van der Waals surface area (Å²) in [6.45, 7) is 2.83. The Hall–Kier alpha value is -2.11. The van der Waals surface area contributed by atoms with Crippen molar-refractivity contribution in [3.63, 3.8) is 0 Å². The second-order valence-electron chi connectivity index (χ2n) is 5.52. The first-order chi connectivity index (χ1) is 12.2. The Morgan fingerprint density at radius 1 is 1.08 bits per heavy atom. The van der Waals surface area contributed by atoms with Crippen LogP contribution < -0.4 is 0 Å². The molecule has 0 unspecified atom stereocenters. The van der Waals surface area contributed by atoms with Gasteiger partial charge in [-0.3, -0.25) is 4.79 Å². The molecular weight excluding hydrogens is 354 g/mol. The third kappa shape index (κ3) is 4.50. The Morgan fingerprint density at radius 3 is 2.48 bits per heavy atom. The highest BCUT2D eigenvalue weighted by molar-refractivity contribution is 7.99. The minimum absolute atomic E-state index is 0.0527. The largest absolute Gasteiger partial charge is 0.306 e. The first-order valence-corrected chi connectivity index (χ1v) is 9.41. The minimum atomic E-state index is 0.0527. The summed E-state index contributed by atoms with van der Waals surface area (Å²) >= 11 is 7.28. The zero-order valence-electron chi connectivity index (χ0n) is 13.9. The number of nitrogens with zero attached hydrogens (tertiary/aromatic N) is 3. The molecule has 25 heavy (non-hydrogen) atoms. The average Bonchev–Trinajstić information content (AvgIpc) is 3.02. The molecule has 3 aromatic rings. The smallest absolute Gasteiger partial charge is 0.191 e. The molecule has 0 atom stereocenters. The zero-order valence-corrected chi connectivity index (χ0v) is 15.4. The molecule has 0 spiro atoms. The average molecular weight is 372 g/mol. The van der Waals surface area contributed by atoms with Crippen LogP contribution >= 0.6 is 23.4 Å². The maximum atomic E-state index is 12.3. The van der Waals surface area contributed by atoms with Crippen molar-refractivity contribution in [2.24, 2.45) is 0 Å². The predicted molar refractivity (Wildman–Crippen MR) is 101 cm³/mol. The molecule has 4 nitrogen and oxygen atoms in total. The number of benzene rings is 2. The lowest BCUT2D eigenvalue weighted by molar-refractivity contribution is 0.102. The third-order valence-electron chi connectivity index (χ3n) is 3.81. The van der Waals surface area contributed by atoms with Crippen LogP contribution in [0.15, 0.2) is 59.8 Å². The molecule has 0 aliphatic carbocycles. The van der Waals surface area contributed by atoms with Crippen LogP contribution in [-0.2, 0) is 13.0 Å². The van der Waals surface area contributed by atoms with E-state index >= 15 is 0 Å². The molecule has 0 bridgehead atoms. The second kappa shape index (κ2) is 8.32. The maximum Gasteiger partial charge on any atom is 0.191 e. The number of Topliss-reactive ketones (excluding diaryl/α,β-unsaturated/α-hetero) is 1. The van der Waals surface area contributed by atoms with Gasteiger partial charge >= 0.3 is 0 Å². The summed E-state index contributed by atoms with van der Waals surface area (Å²) in [4.78, 5) is 12.3. The molecule has 1 aromatic heterocycles. The van der Waals surface area contributed by atoms with E-state index in [4.69, 9.17) is 11.6 Å². The van der Waals surface area contributed by atoms with Gasteiger partial charge in [0.1, 0.15) is 5.82 Å². The number of carbonyl (C=O) groups excluding carboxylic acids is 1. The van der Waals surface area contributed by atoms with Crippen LogP contribution in [0.1, 0.15) is 28.7 Å². The van der Waals surface area contributed by atoms with Gasteiger partial charge in [0.05, 0.1) is 5.75 Å². The number of rotatable bonds is 7. The van der Waals surface area contributed by atoms with Gasteiger partial charge in [0.2, 0.25) is 0 Å². The molecule has 0 N–H and O–H groups in total. The van der Waals surface area contributed by atoms with Crippen LogP contribution in [0, 0.1) is 0 Å². The third-order valence-corrected chi connectivity index (χ3v) is 5.03. The molecule has 0 radical (unpaired) electrons. The summed E-state index contributed by atoms with van der Waals surface area (Å²) in [5.74, 6) is 1.29. The van der Waals surface area contributed by atoms with Crippen LogP contribution in [0.2, 0.25) is 5.02 Å². The number of ketones is 1. The van der Waals surface area contributed by atoms with E-state index in [0.29, 0.717) is 16.3 Å². The molecular formula is C19H18ClN3OS. The predicted octanol–water partition coefficient (Wildman–Crippen LogP) is 4.52. The van der Waals surface area contributed by atoms with Crippen LogP contribution in [-0.4, -0.2) is 26.3 Å². The summed E-state index contributed by atoms with van der Waals surface area (Å²) in [6.07, 6.45) is 0.730. The number of hydrogen-bond donors (Lipinski definition) is 0. The molecule has 1 heterocycles. The highest BCUT2D eigenvalue weighted by Crippen LogP contribution is 2.20. The molecule has 0 saturated carbocycles. The monoisotopic (exact) mass is 371 g/mol. The van der Waals surface area contributed by atoms with Crippen molar-refractivity contribution in [3.8, 4) is 0 Å². The molecule has 128 valence electrons. The van der Waals surface area contributed by atoms with E-state index in [1.165, 1.54) is 17.3 Å². The molecule has 3 rings (SSSR count). The van der Waals surface area contributed by atoms with E-state index in [-0.39, 0.29) is 5.78 Å². The van der Waals surface area contributed by atoms with Crippen molar-refractivity contribution in [1.82, 2.24) is 14.8 Å². The molecule has 2 aromatic carbocycles. The van der Waals surface area contributed by atoms with Crippen molar-refractivity contribution in [3.05, 3.63) is 76.6 Å². The quantitative estimate of drug-likeness (QED) is 0.452. The Balaban J connectivity index is 1.68. The van der Waals surface area contributed by atoms with Crippen molar-refractivity contribution >= 4 is 29.1 Å². The van der Waals surface area contributed by atoms with E-state index in [9.17, 15) is 4.79 Å². The van der Waals surface area contributed by atoms with E-state index in [0.717, 1.165) is 23.9 Å². The van der Waals surface area contributed by atoms with E-state index in [1.54, 1.807) is 24.3 Å². The summed E-state index contributed by atoms with van der Waals surface area (Å²) in [7, 11) is 0. The fourth-order valence-electron chi connectivity index (χ4n) is 2.50. The van der Waals surface area contributed by atoms with Gasteiger partial charge in [0, 0.05) is 23.6 Å². The Labute approximate surface area is 156 Å². The van der Waals surface area contributed by atoms with Gasteiger partial charge in [-0.1, -0.05) is 53.7 Å².